The molecule has 38 heavy (non-hydrogen) atoms. The number of ether oxygens (including phenoxy) is 1. The van der Waals surface area contributed by atoms with Gasteiger partial charge >= 0.3 is 0 Å². The minimum atomic E-state index is 0.503. The highest BCUT2D eigenvalue weighted by Gasteiger charge is 2.29. The Morgan fingerprint density at radius 2 is 1.71 bits per heavy atom. The summed E-state index contributed by atoms with van der Waals surface area (Å²) in [6.45, 7) is 6.83. The molecule has 3 heterocycles. The zero-order valence-corrected chi connectivity index (χ0v) is 22.6. The minimum Gasteiger partial charge on any atom is -0.385 e. The normalized spacial score (nSPS) is 21.3. The Labute approximate surface area is 225 Å². The molecular formula is C31H40N6O. The first kappa shape index (κ1) is 25.3. The monoisotopic (exact) mass is 512 g/mol. The second-order valence-corrected chi connectivity index (χ2v) is 10.9. The Morgan fingerprint density at radius 3 is 2.50 bits per heavy atom. The molecule has 2 aliphatic rings. The lowest BCUT2D eigenvalue weighted by atomic mass is 9.90. The highest BCUT2D eigenvalue weighted by Crippen LogP contribution is 2.32. The van der Waals surface area contributed by atoms with Crippen molar-refractivity contribution in [2.24, 2.45) is 0 Å². The van der Waals surface area contributed by atoms with Crippen LogP contribution < -0.4 is 0 Å². The summed E-state index contributed by atoms with van der Waals surface area (Å²) >= 11 is 0. The van der Waals surface area contributed by atoms with Crippen molar-refractivity contribution >= 4 is 11.0 Å². The number of hydrogen-bond donors (Lipinski definition) is 1. The number of methoxy groups -OCH3 is 1. The number of aromatic nitrogens is 4. The Kier molecular flexibility index (Phi) is 7.86. The van der Waals surface area contributed by atoms with Crippen LogP contribution in [-0.2, 0) is 11.2 Å². The lowest BCUT2D eigenvalue weighted by Gasteiger charge is -2.42. The number of nitrogens with zero attached hydrogens (tertiary/aromatic N) is 5. The standard InChI is InChI=1S/C31H40N6O/c1-38-21-5-15-35-17-19-36(20-18-35)26-9-11-27(12-10-26)37-16-14-28(34-37)25-8-13-29-30(23-25)33-31(32-29)22-24-6-3-2-4-7-24/h2-4,6-8,13-14,16,23,26-27H,5,9-12,15,17-22H2,1H3,(H,32,33). The van der Waals surface area contributed by atoms with Gasteiger partial charge in [-0.3, -0.25) is 9.58 Å². The lowest BCUT2D eigenvalue weighted by molar-refractivity contribution is 0.0659. The topological polar surface area (TPSA) is 62.2 Å². The van der Waals surface area contributed by atoms with E-state index in [1.54, 1.807) is 7.11 Å². The number of piperazine rings is 1. The van der Waals surface area contributed by atoms with Crippen LogP contribution in [0.15, 0.2) is 60.8 Å². The van der Waals surface area contributed by atoms with Gasteiger partial charge in [-0.05, 0) is 55.9 Å². The number of fused-ring (bicyclic) bond motifs is 1. The van der Waals surface area contributed by atoms with Gasteiger partial charge in [-0.2, -0.15) is 5.10 Å². The van der Waals surface area contributed by atoms with Crippen LogP contribution in [0.2, 0.25) is 0 Å². The van der Waals surface area contributed by atoms with E-state index in [-0.39, 0.29) is 0 Å². The quantitative estimate of drug-likeness (QED) is 0.314. The van der Waals surface area contributed by atoms with Crippen LogP contribution in [0, 0.1) is 0 Å². The molecule has 0 atom stereocenters. The molecule has 4 aromatic rings. The molecule has 7 heteroatoms. The van der Waals surface area contributed by atoms with Gasteiger partial charge in [0.2, 0.25) is 0 Å². The van der Waals surface area contributed by atoms with E-state index in [2.05, 4.69) is 74.2 Å². The number of benzene rings is 2. The van der Waals surface area contributed by atoms with Crippen molar-refractivity contribution in [2.75, 3.05) is 46.4 Å². The number of rotatable bonds is 9. The molecule has 1 saturated carbocycles. The summed E-state index contributed by atoms with van der Waals surface area (Å²) in [5.74, 6) is 0.998. The maximum atomic E-state index is 5.21. The van der Waals surface area contributed by atoms with Gasteiger partial charge in [0.1, 0.15) is 5.82 Å². The molecule has 1 N–H and O–H groups in total. The van der Waals surface area contributed by atoms with Crippen LogP contribution in [0.25, 0.3) is 22.3 Å². The van der Waals surface area contributed by atoms with Crippen molar-refractivity contribution in [2.45, 2.75) is 50.6 Å². The predicted octanol–water partition coefficient (Wildman–Crippen LogP) is 5.16. The maximum absolute atomic E-state index is 5.21. The second kappa shape index (κ2) is 11.8. The number of nitrogens with one attached hydrogen (secondary N) is 1. The van der Waals surface area contributed by atoms with E-state index in [4.69, 9.17) is 14.8 Å². The fourth-order valence-corrected chi connectivity index (χ4v) is 6.26. The van der Waals surface area contributed by atoms with E-state index in [9.17, 15) is 0 Å². The van der Waals surface area contributed by atoms with E-state index >= 15 is 0 Å². The highest BCUT2D eigenvalue weighted by atomic mass is 16.5. The summed E-state index contributed by atoms with van der Waals surface area (Å²) in [4.78, 5) is 13.6. The second-order valence-electron chi connectivity index (χ2n) is 10.9. The summed E-state index contributed by atoms with van der Waals surface area (Å²) in [5.41, 5.74) is 5.53. The molecule has 6 rings (SSSR count). The zero-order valence-electron chi connectivity index (χ0n) is 22.6. The van der Waals surface area contributed by atoms with Gasteiger partial charge in [0.15, 0.2) is 0 Å². The number of H-pyrrole nitrogens is 1. The van der Waals surface area contributed by atoms with Crippen molar-refractivity contribution in [3.63, 3.8) is 0 Å². The predicted molar refractivity (Wildman–Crippen MR) is 152 cm³/mol. The van der Waals surface area contributed by atoms with Gasteiger partial charge < -0.3 is 14.6 Å². The van der Waals surface area contributed by atoms with Crippen molar-refractivity contribution in [3.05, 3.63) is 72.2 Å². The molecule has 0 radical (unpaired) electrons. The van der Waals surface area contributed by atoms with Crippen LogP contribution in [-0.4, -0.2) is 82.0 Å². The van der Waals surface area contributed by atoms with Crippen molar-refractivity contribution in [1.29, 1.82) is 0 Å². The van der Waals surface area contributed by atoms with Crippen molar-refractivity contribution in [1.82, 2.24) is 29.5 Å². The van der Waals surface area contributed by atoms with Crippen LogP contribution in [0.3, 0.4) is 0 Å². The summed E-state index contributed by atoms with van der Waals surface area (Å²) in [7, 11) is 1.79. The molecule has 2 aromatic heterocycles. The van der Waals surface area contributed by atoms with Gasteiger partial charge in [0.25, 0.3) is 0 Å². The minimum absolute atomic E-state index is 0.503. The molecule has 7 nitrogen and oxygen atoms in total. The number of aromatic amines is 1. The van der Waals surface area contributed by atoms with E-state index in [1.165, 1.54) is 57.4 Å². The molecule has 0 bridgehead atoms. The fourth-order valence-electron chi connectivity index (χ4n) is 6.26. The average molecular weight is 513 g/mol. The summed E-state index contributed by atoms with van der Waals surface area (Å²) in [6.07, 6.45) is 9.09. The highest BCUT2D eigenvalue weighted by molar-refractivity contribution is 5.81. The van der Waals surface area contributed by atoms with E-state index in [0.29, 0.717) is 6.04 Å². The number of hydrogen-bond acceptors (Lipinski definition) is 5. The largest absolute Gasteiger partial charge is 0.385 e. The first-order valence-corrected chi connectivity index (χ1v) is 14.3. The SMILES string of the molecule is COCCCN1CCN(C2CCC(n3ccc(-c4ccc5nc(Cc6ccccc6)[nH]c5c4)n3)CC2)CC1. The first-order chi connectivity index (χ1) is 18.7. The summed E-state index contributed by atoms with van der Waals surface area (Å²) < 4.78 is 7.43. The van der Waals surface area contributed by atoms with E-state index in [0.717, 1.165) is 60.2 Å². The van der Waals surface area contributed by atoms with Crippen LogP contribution in [0.1, 0.15) is 49.5 Å². The van der Waals surface area contributed by atoms with Gasteiger partial charge in [-0.15, -0.1) is 0 Å². The Bertz CT molecular complexity index is 1300. The molecule has 1 aliphatic carbocycles. The van der Waals surface area contributed by atoms with Gasteiger partial charge in [0.05, 0.1) is 22.8 Å². The molecule has 1 saturated heterocycles. The lowest BCUT2D eigenvalue weighted by Crippen LogP contribution is -2.51. The molecule has 2 fully saturated rings. The summed E-state index contributed by atoms with van der Waals surface area (Å²) in [6, 6.07) is 20.3. The maximum Gasteiger partial charge on any atom is 0.111 e. The van der Waals surface area contributed by atoms with E-state index in [1.807, 2.05) is 6.07 Å². The first-order valence-electron chi connectivity index (χ1n) is 14.3. The fraction of sp³-hybridized carbons (Fsp3) is 0.484. The van der Waals surface area contributed by atoms with Crippen LogP contribution >= 0.6 is 0 Å². The van der Waals surface area contributed by atoms with Crippen molar-refractivity contribution in [3.8, 4) is 11.3 Å². The van der Waals surface area contributed by atoms with Crippen LogP contribution in [0.4, 0.5) is 0 Å². The van der Waals surface area contributed by atoms with Crippen molar-refractivity contribution < 1.29 is 4.74 Å². The third-order valence-electron chi connectivity index (χ3n) is 8.44. The Morgan fingerprint density at radius 1 is 0.921 bits per heavy atom. The summed E-state index contributed by atoms with van der Waals surface area (Å²) in [5, 5.41) is 5.02. The molecule has 0 spiro atoms. The molecule has 1 aliphatic heterocycles. The third-order valence-corrected chi connectivity index (χ3v) is 8.44. The number of imidazole rings is 1. The zero-order chi connectivity index (χ0) is 25.7. The van der Waals surface area contributed by atoms with Gasteiger partial charge in [-0.25, -0.2) is 4.98 Å². The van der Waals surface area contributed by atoms with Crippen LogP contribution in [0.5, 0.6) is 0 Å². The Balaban J connectivity index is 1.03. The molecule has 0 amide bonds. The third kappa shape index (κ3) is 5.85. The van der Waals surface area contributed by atoms with Gasteiger partial charge in [-0.1, -0.05) is 36.4 Å². The molecule has 200 valence electrons. The van der Waals surface area contributed by atoms with Gasteiger partial charge in [0, 0.05) is 70.7 Å². The average Bonchev–Trinajstić information content (AvgIpc) is 3.61. The Hall–Kier alpha value is -3.00. The molecule has 0 unspecified atom stereocenters. The van der Waals surface area contributed by atoms with E-state index < -0.39 is 0 Å². The molecule has 2 aromatic carbocycles. The molecular weight excluding hydrogens is 472 g/mol. The smallest absolute Gasteiger partial charge is 0.111 e.